The quantitative estimate of drug-likeness (QED) is 0.779. The monoisotopic (exact) mass is 289 g/mol. The van der Waals surface area contributed by atoms with E-state index in [-0.39, 0.29) is 5.91 Å². The molecule has 1 heterocycles. The first-order valence-corrected chi connectivity index (χ1v) is 7.93. The average Bonchev–Trinajstić information content (AvgIpc) is 2.42. The van der Waals surface area contributed by atoms with Crippen LogP contribution in [0.25, 0.3) is 0 Å². The number of carbonyl (C=O) groups is 1. The van der Waals surface area contributed by atoms with Gasteiger partial charge in [0.25, 0.3) is 0 Å². The van der Waals surface area contributed by atoms with Crippen molar-refractivity contribution in [2.45, 2.75) is 58.5 Å². The maximum absolute atomic E-state index is 11.1. The Kier molecular flexibility index (Phi) is 5.62. The molecule has 1 aromatic rings. The van der Waals surface area contributed by atoms with Crippen LogP contribution in [0.15, 0.2) is 18.2 Å². The number of amides is 1. The minimum atomic E-state index is -0.0319. The van der Waals surface area contributed by atoms with Crippen molar-refractivity contribution in [2.24, 2.45) is 0 Å². The van der Waals surface area contributed by atoms with Crippen molar-refractivity contribution in [2.75, 3.05) is 17.2 Å². The Balaban J connectivity index is 1.89. The van der Waals surface area contributed by atoms with Gasteiger partial charge in [0.1, 0.15) is 0 Å². The molecule has 0 radical (unpaired) electrons. The third kappa shape index (κ3) is 5.05. The van der Waals surface area contributed by atoms with Crippen LogP contribution in [0.3, 0.4) is 0 Å². The predicted molar refractivity (Wildman–Crippen MR) is 88.8 cm³/mol. The number of benzene rings is 1. The summed E-state index contributed by atoms with van der Waals surface area (Å²) in [5.41, 5.74) is 3.08. The summed E-state index contributed by atoms with van der Waals surface area (Å²) >= 11 is 0. The maximum atomic E-state index is 11.1. The smallest absolute Gasteiger partial charge is 0.221 e. The zero-order valence-corrected chi connectivity index (χ0v) is 13.3. The molecule has 21 heavy (non-hydrogen) atoms. The SMILES string of the molecule is CC(=O)Nc1ccc(NC(C)CC2CCCCN2)cc1C. The van der Waals surface area contributed by atoms with Gasteiger partial charge in [-0.3, -0.25) is 4.79 Å². The van der Waals surface area contributed by atoms with Gasteiger partial charge in [0.2, 0.25) is 5.91 Å². The fraction of sp³-hybridized carbons (Fsp3) is 0.588. The van der Waals surface area contributed by atoms with E-state index in [9.17, 15) is 4.79 Å². The molecule has 4 heteroatoms. The van der Waals surface area contributed by atoms with Crippen molar-refractivity contribution in [3.05, 3.63) is 23.8 Å². The van der Waals surface area contributed by atoms with Crippen molar-refractivity contribution in [1.82, 2.24) is 5.32 Å². The highest BCUT2D eigenvalue weighted by Crippen LogP contribution is 2.21. The van der Waals surface area contributed by atoms with Crippen LogP contribution in [0.2, 0.25) is 0 Å². The van der Waals surface area contributed by atoms with Crippen LogP contribution in [0.1, 0.15) is 45.1 Å². The molecule has 1 aromatic carbocycles. The molecule has 0 aliphatic carbocycles. The van der Waals surface area contributed by atoms with Gasteiger partial charge in [-0.2, -0.15) is 0 Å². The Labute approximate surface area is 127 Å². The molecule has 1 fully saturated rings. The zero-order valence-electron chi connectivity index (χ0n) is 13.3. The Morgan fingerprint density at radius 1 is 1.43 bits per heavy atom. The summed E-state index contributed by atoms with van der Waals surface area (Å²) in [4.78, 5) is 11.1. The van der Waals surface area contributed by atoms with E-state index in [2.05, 4.69) is 28.9 Å². The number of aryl methyl sites for hydroxylation is 1. The maximum Gasteiger partial charge on any atom is 0.221 e. The van der Waals surface area contributed by atoms with Crippen LogP contribution in [0.5, 0.6) is 0 Å². The van der Waals surface area contributed by atoms with Crippen molar-refractivity contribution in [1.29, 1.82) is 0 Å². The van der Waals surface area contributed by atoms with Crippen LogP contribution in [0.4, 0.5) is 11.4 Å². The number of piperidine rings is 1. The molecule has 2 atom stereocenters. The summed E-state index contributed by atoms with van der Waals surface area (Å²) in [6.07, 6.45) is 5.08. The highest BCUT2D eigenvalue weighted by Gasteiger charge is 2.15. The second-order valence-corrected chi connectivity index (χ2v) is 6.14. The van der Waals surface area contributed by atoms with E-state index in [1.54, 1.807) is 0 Å². The normalized spacial score (nSPS) is 19.9. The first-order chi connectivity index (χ1) is 10.0. The minimum absolute atomic E-state index is 0.0319. The second kappa shape index (κ2) is 7.46. The van der Waals surface area contributed by atoms with Gasteiger partial charge in [-0.1, -0.05) is 6.42 Å². The Hall–Kier alpha value is -1.55. The lowest BCUT2D eigenvalue weighted by atomic mass is 9.98. The molecule has 2 rings (SSSR count). The molecule has 1 saturated heterocycles. The van der Waals surface area contributed by atoms with Gasteiger partial charge in [-0.05, 0) is 63.4 Å². The molecule has 0 bridgehead atoms. The number of carbonyl (C=O) groups excluding carboxylic acids is 1. The standard InChI is InChI=1S/C17H27N3O/c1-12-10-16(7-8-17(12)20-14(3)21)19-13(2)11-15-6-4-5-9-18-15/h7-8,10,13,15,18-19H,4-6,9,11H2,1-3H3,(H,20,21). The van der Waals surface area contributed by atoms with Crippen molar-refractivity contribution in [3.63, 3.8) is 0 Å². The highest BCUT2D eigenvalue weighted by molar-refractivity contribution is 5.89. The molecular formula is C17H27N3O. The van der Waals surface area contributed by atoms with Gasteiger partial charge in [-0.15, -0.1) is 0 Å². The molecule has 2 unspecified atom stereocenters. The lowest BCUT2D eigenvalue weighted by Gasteiger charge is -2.27. The van der Waals surface area contributed by atoms with Gasteiger partial charge >= 0.3 is 0 Å². The molecule has 0 saturated carbocycles. The number of hydrogen-bond donors (Lipinski definition) is 3. The van der Waals surface area contributed by atoms with Crippen LogP contribution >= 0.6 is 0 Å². The second-order valence-electron chi connectivity index (χ2n) is 6.14. The molecule has 3 N–H and O–H groups in total. The summed E-state index contributed by atoms with van der Waals surface area (Å²) in [5.74, 6) is -0.0319. The minimum Gasteiger partial charge on any atom is -0.383 e. The third-order valence-electron chi connectivity index (χ3n) is 4.00. The molecule has 1 amide bonds. The molecule has 0 aromatic heterocycles. The summed E-state index contributed by atoms with van der Waals surface area (Å²) in [6.45, 7) is 6.93. The Morgan fingerprint density at radius 3 is 2.86 bits per heavy atom. The van der Waals surface area contributed by atoms with Crippen molar-refractivity contribution in [3.8, 4) is 0 Å². The molecule has 1 aliphatic rings. The van der Waals surface area contributed by atoms with Gasteiger partial charge in [0, 0.05) is 30.4 Å². The number of anilines is 2. The lowest BCUT2D eigenvalue weighted by molar-refractivity contribution is -0.114. The third-order valence-corrected chi connectivity index (χ3v) is 4.00. The van der Waals surface area contributed by atoms with E-state index in [0.29, 0.717) is 12.1 Å². The summed E-state index contributed by atoms with van der Waals surface area (Å²) < 4.78 is 0. The van der Waals surface area contributed by atoms with Gasteiger partial charge in [-0.25, -0.2) is 0 Å². The summed E-state index contributed by atoms with van der Waals surface area (Å²) in [7, 11) is 0. The first kappa shape index (κ1) is 15.8. The zero-order chi connectivity index (χ0) is 15.2. The number of rotatable bonds is 5. The summed E-state index contributed by atoms with van der Waals surface area (Å²) in [5, 5.41) is 9.99. The first-order valence-electron chi connectivity index (χ1n) is 7.93. The Morgan fingerprint density at radius 2 is 2.24 bits per heavy atom. The molecule has 4 nitrogen and oxygen atoms in total. The lowest BCUT2D eigenvalue weighted by Crippen LogP contribution is -2.37. The highest BCUT2D eigenvalue weighted by atomic mass is 16.1. The van der Waals surface area contributed by atoms with E-state index < -0.39 is 0 Å². The molecule has 1 aliphatic heterocycles. The predicted octanol–water partition coefficient (Wildman–Crippen LogP) is 3.29. The van der Waals surface area contributed by atoms with Crippen LogP contribution in [-0.2, 0) is 4.79 Å². The van der Waals surface area contributed by atoms with Crippen LogP contribution < -0.4 is 16.0 Å². The van der Waals surface area contributed by atoms with E-state index in [4.69, 9.17) is 0 Å². The average molecular weight is 289 g/mol. The van der Waals surface area contributed by atoms with E-state index in [1.165, 1.54) is 26.2 Å². The largest absolute Gasteiger partial charge is 0.383 e. The fourth-order valence-electron chi connectivity index (χ4n) is 2.98. The van der Waals surface area contributed by atoms with Crippen molar-refractivity contribution < 1.29 is 4.79 Å². The fourth-order valence-corrected chi connectivity index (χ4v) is 2.98. The van der Waals surface area contributed by atoms with Crippen LogP contribution in [0, 0.1) is 6.92 Å². The van der Waals surface area contributed by atoms with Crippen molar-refractivity contribution >= 4 is 17.3 Å². The van der Waals surface area contributed by atoms with Crippen LogP contribution in [-0.4, -0.2) is 24.5 Å². The van der Waals surface area contributed by atoms with E-state index in [0.717, 1.165) is 29.9 Å². The van der Waals surface area contributed by atoms with Gasteiger partial charge in [0.15, 0.2) is 0 Å². The Bertz CT molecular complexity index is 481. The number of hydrogen-bond acceptors (Lipinski definition) is 3. The van der Waals surface area contributed by atoms with Gasteiger partial charge in [0.05, 0.1) is 0 Å². The van der Waals surface area contributed by atoms with E-state index >= 15 is 0 Å². The summed E-state index contributed by atoms with van der Waals surface area (Å²) in [6, 6.07) is 7.16. The molecule has 0 spiro atoms. The van der Waals surface area contributed by atoms with Gasteiger partial charge < -0.3 is 16.0 Å². The number of nitrogens with one attached hydrogen (secondary N) is 3. The topological polar surface area (TPSA) is 53.2 Å². The van der Waals surface area contributed by atoms with E-state index in [1.807, 2.05) is 19.1 Å². The molecule has 116 valence electrons. The molecular weight excluding hydrogens is 262 g/mol.